The van der Waals surface area contributed by atoms with Crippen LogP contribution in [0.2, 0.25) is 0 Å². The monoisotopic (exact) mass is 457 g/mol. The van der Waals surface area contributed by atoms with Crippen molar-refractivity contribution >= 4 is 28.7 Å². The van der Waals surface area contributed by atoms with E-state index in [-0.39, 0.29) is 39.1 Å². The van der Waals surface area contributed by atoms with Crippen molar-refractivity contribution in [1.82, 2.24) is 24.0 Å². The molecule has 0 unspecified atom stereocenters. The van der Waals surface area contributed by atoms with Crippen molar-refractivity contribution in [3.63, 3.8) is 0 Å². The number of carbonyl (C=O) groups is 1. The first-order chi connectivity index (χ1) is 15.3. The fourth-order valence-corrected chi connectivity index (χ4v) is 4.69. The normalized spacial score (nSPS) is 14.8. The summed E-state index contributed by atoms with van der Waals surface area (Å²) in [5.74, 6) is 0.187. The van der Waals surface area contributed by atoms with Crippen LogP contribution >= 0.6 is 11.8 Å². The lowest BCUT2D eigenvalue weighted by Crippen LogP contribution is -2.39. The van der Waals surface area contributed by atoms with E-state index in [9.17, 15) is 18.8 Å². The molecule has 1 amide bonds. The van der Waals surface area contributed by atoms with E-state index in [0.29, 0.717) is 19.0 Å². The number of aryl methyl sites for hydroxylation is 1. The van der Waals surface area contributed by atoms with Crippen LogP contribution in [0.3, 0.4) is 0 Å². The van der Waals surface area contributed by atoms with E-state index in [1.165, 1.54) is 30.8 Å². The number of rotatable bonds is 4. The topological polar surface area (TPSA) is 90.1 Å². The zero-order valence-corrected chi connectivity index (χ0v) is 19.0. The molecule has 8 nitrogen and oxygen atoms in total. The fourth-order valence-electron chi connectivity index (χ4n) is 3.78. The Labute approximate surface area is 188 Å². The van der Waals surface area contributed by atoms with Crippen LogP contribution in [0.1, 0.15) is 19.8 Å². The average molecular weight is 458 g/mol. The third-order valence-electron chi connectivity index (χ3n) is 5.85. The number of thioether (sulfide) groups is 1. The van der Waals surface area contributed by atoms with Gasteiger partial charge in [-0.1, -0.05) is 30.8 Å². The van der Waals surface area contributed by atoms with E-state index in [1.54, 1.807) is 12.1 Å². The van der Waals surface area contributed by atoms with Crippen LogP contribution in [0.5, 0.6) is 0 Å². The quantitative estimate of drug-likeness (QED) is 0.441. The number of hydrogen-bond acceptors (Lipinski definition) is 6. The molecule has 2 aromatic heterocycles. The predicted octanol–water partition coefficient (Wildman–Crippen LogP) is 2.18. The van der Waals surface area contributed by atoms with Gasteiger partial charge in [-0.05, 0) is 30.9 Å². The van der Waals surface area contributed by atoms with Crippen molar-refractivity contribution in [3.05, 3.63) is 50.9 Å². The highest BCUT2D eigenvalue weighted by atomic mass is 32.2. The Balaban J connectivity index is 1.79. The number of benzene rings is 1. The van der Waals surface area contributed by atoms with Gasteiger partial charge in [0.25, 0.3) is 5.56 Å². The summed E-state index contributed by atoms with van der Waals surface area (Å²) in [6.45, 7) is 3.59. The zero-order valence-electron chi connectivity index (χ0n) is 18.2. The van der Waals surface area contributed by atoms with Crippen molar-refractivity contribution in [1.29, 1.82) is 0 Å². The molecule has 168 valence electrons. The fraction of sp³-hybridized carbons (Fsp3) is 0.409. The number of nitrogens with zero attached hydrogens (tertiary/aromatic N) is 5. The maximum Gasteiger partial charge on any atom is 0.332 e. The van der Waals surface area contributed by atoms with E-state index >= 15 is 0 Å². The molecule has 0 bridgehead atoms. The molecule has 0 N–H and O–H groups in total. The van der Waals surface area contributed by atoms with E-state index in [2.05, 4.69) is 16.9 Å². The number of piperidine rings is 1. The van der Waals surface area contributed by atoms with Crippen LogP contribution in [0.4, 0.5) is 4.39 Å². The molecular weight excluding hydrogens is 433 g/mol. The zero-order chi connectivity index (χ0) is 23.0. The molecule has 32 heavy (non-hydrogen) atoms. The van der Waals surface area contributed by atoms with Gasteiger partial charge < -0.3 is 4.90 Å². The molecule has 0 spiro atoms. The van der Waals surface area contributed by atoms with Gasteiger partial charge in [-0.25, -0.2) is 19.2 Å². The molecule has 0 aliphatic carbocycles. The van der Waals surface area contributed by atoms with E-state index < -0.39 is 17.1 Å². The summed E-state index contributed by atoms with van der Waals surface area (Å²) in [6, 6.07) is 6.03. The minimum atomic E-state index is -0.551. The Hall–Kier alpha value is -3.01. The molecule has 4 rings (SSSR count). The number of fused-ring (bicyclic) bond motifs is 1. The molecule has 0 atom stereocenters. The Morgan fingerprint density at radius 1 is 1.12 bits per heavy atom. The van der Waals surface area contributed by atoms with Crippen LogP contribution in [-0.4, -0.2) is 48.8 Å². The SMILES string of the molecule is CC1CCN(C(=O)CSc2nc(-c3ccccc3F)nc3c2c(=O)n(C)c(=O)n3C)CC1. The molecule has 1 aromatic carbocycles. The summed E-state index contributed by atoms with van der Waals surface area (Å²) in [5, 5.41) is 0.392. The van der Waals surface area contributed by atoms with Gasteiger partial charge in [0.2, 0.25) is 5.91 Å². The molecule has 1 aliphatic heterocycles. The van der Waals surface area contributed by atoms with Gasteiger partial charge in [0.1, 0.15) is 16.2 Å². The van der Waals surface area contributed by atoms with Crippen LogP contribution in [0.15, 0.2) is 38.9 Å². The van der Waals surface area contributed by atoms with E-state index in [1.807, 2.05) is 4.90 Å². The molecule has 3 heterocycles. The lowest BCUT2D eigenvalue weighted by Gasteiger charge is -2.30. The van der Waals surface area contributed by atoms with Gasteiger partial charge in [-0.3, -0.25) is 18.7 Å². The molecule has 3 aromatic rings. The second-order valence-electron chi connectivity index (χ2n) is 8.09. The second-order valence-corrected chi connectivity index (χ2v) is 9.05. The van der Waals surface area contributed by atoms with E-state index in [4.69, 9.17) is 0 Å². The minimum Gasteiger partial charge on any atom is -0.342 e. The highest BCUT2D eigenvalue weighted by Gasteiger charge is 2.23. The maximum absolute atomic E-state index is 14.4. The Bertz CT molecular complexity index is 1310. The predicted molar refractivity (Wildman–Crippen MR) is 121 cm³/mol. The molecular formula is C22H24FN5O3S. The van der Waals surface area contributed by atoms with Crippen LogP contribution in [0, 0.1) is 11.7 Å². The summed E-state index contributed by atoms with van der Waals surface area (Å²) in [5.41, 5.74) is -0.839. The molecule has 1 saturated heterocycles. The van der Waals surface area contributed by atoms with Gasteiger partial charge in [-0.15, -0.1) is 0 Å². The van der Waals surface area contributed by atoms with Gasteiger partial charge in [0.05, 0.1) is 11.3 Å². The Kier molecular flexibility index (Phi) is 6.14. The summed E-state index contributed by atoms with van der Waals surface area (Å²) in [7, 11) is 2.88. The number of carbonyl (C=O) groups excluding carboxylic acids is 1. The van der Waals surface area contributed by atoms with Crippen LogP contribution in [-0.2, 0) is 18.9 Å². The molecule has 1 fully saturated rings. The standard InChI is InChI=1S/C22H24FN5O3S/c1-13-8-10-28(11-9-13)16(29)12-32-20-17-19(26(2)22(31)27(3)21(17)30)24-18(25-20)14-6-4-5-7-15(14)23/h4-7,13H,8-12H2,1-3H3. The number of hydrogen-bond donors (Lipinski definition) is 0. The first-order valence-corrected chi connectivity index (χ1v) is 11.4. The van der Waals surface area contributed by atoms with Crippen molar-refractivity contribution in [2.24, 2.45) is 20.0 Å². The number of aromatic nitrogens is 4. The lowest BCUT2D eigenvalue weighted by atomic mass is 9.99. The highest BCUT2D eigenvalue weighted by Crippen LogP contribution is 2.28. The number of likely N-dealkylation sites (tertiary alicyclic amines) is 1. The number of halogens is 1. The molecule has 0 saturated carbocycles. The number of amides is 1. The Morgan fingerprint density at radius 3 is 2.50 bits per heavy atom. The van der Waals surface area contributed by atoms with Crippen LogP contribution < -0.4 is 11.2 Å². The molecule has 0 radical (unpaired) electrons. The van der Waals surface area contributed by atoms with Crippen molar-refractivity contribution in [2.75, 3.05) is 18.8 Å². The van der Waals surface area contributed by atoms with Gasteiger partial charge in [0.15, 0.2) is 11.5 Å². The summed E-state index contributed by atoms with van der Waals surface area (Å²) in [4.78, 5) is 48.7. The third-order valence-corrected chi connectivity index (χ3v) is 6.81. The van der Waals surface area contributed by atoms with Gasteiger partial charge >= 0.3 is 5.69 Å². The van der Waals surface area contributed by atoms with Crippen molar-refractivity contribution in [2.45, 2.75) is 24.8 Å². The smallest absolute Gasteiger partial charge is 0.332 e. The summed E-state index contributed by atoms with van der Waals surface area (Å²) >= 11 is 1.11. The van der Waals surface area contributed by atoms with Gasteiger partial charge in [-0.2, -0.15) is 0 Å². The minimum absolute atomic E-state index is 0.0391. The first kappa shape index (κ1) is 22.2. The van der Waals surface area contributed by atoms with Gasteiger partial charge in [0, 0.05) is 27.2 Å². The average Bonchev–Trinajstić information content (AvgIpc) is 2.80. The Morgan fingerprint density at radius 2 is 1.81 bits per heavy atom. The summed E-state index contributed by atoms with van der Waals surface area (Å²) in [6.07, 6.45) is 1.93. The van der Waals surface area contributed by atoms with Crippen molar-refractivity contribution in [3.8, 4) is 11.4 Å². The molecule has 1 aliphatic rings. The largest absolute Gasteiger partial charge is 0.342 e. The first-order valence-electron chi connectivity index (χ1n) is 10.4. The lowest BCUT2D eigenvalue weighted by molar-refractivity contribution is -0.129. The van der Waals surface area contributed by atoms with Crippen molar-refractivity contribution < 1.29 is 9.18 Å². The maximum atomic E-state index is 14.4. The molecule has 10 heteroatoms. The third kappa shape index (κ3) is 4.06. The van der Waals surface area contributed by atoms with Crippen LogP contribution in [0.25, 0.3) is 22.4 Å². The highest BCUT2D eigenvalue weighted by molar-refractivity contribution is 8.00. The second kappa shape index (κ2) is 8.85. The summed E-state index contributed by atoms with van der Waals surface area (Å²) < 4.78 is 16.7. The van der Waals surface area contributed by atoms with E-state index in [0.717, 1.165) is 29.2 Å².